The Kier molecular flexibility index (Phi) is 5.26. The summed E-state index contributed by atoms with van der Waals surface area (Å²) in [6, 6.07) is 4.76. The predicted octanol–water partition coefficient (Wildman–Crippen LogP) is 4.06. The fourth-order valence-corrected chi connectivity index (χ4v) is 2.18. The van der Waals surface area contributed by atoms with Crippen molar-refractivity contribution in [2.45, 2.75) is 71.9 Å². The smallest absolute Gasteiger partial charge is 0.213 e. The van der Waals surface area contributed by atoms with Gasteiger partial charge in [0.1, 0.15) is 0 Å². The topological polar surface area (TPSA) is 34.1 Å². The van der Waals surface area contributed by atoms with Crippen molar-refractivity contribution in [1.82, 2.24) is 10.3 Å². The summed E-state index contributed by atoms with van der Waals surface area (Å²) < 4.78 is 5.90. The molecule has 1 N–H and O–H groups in total. The van der Waals surface area contributed by atoms with Crippen LogP contribution in [0.4, 0.5) is 0 Å². The van der Waals surface area contributed by atoms with Crippen LogP contribution in [0.15, 0.2) is 12.1 Å². The zero-order valence-electron chi connectivity index (χ0n) is 14.2. The lowest BCUT2D eigenvalue weighted by Gasteiger charge is -2.20. The normalized spacial score (nSPS) is 15.5. The molecule has 1 aliphatic carbocycles. The van der Waals surface area contributed by atoms with Gasteiger partial charge in [-0.1, -0.05) is 47.5 Å². The first-order chi connectivity index (χ1) is 9.84. The van der Waals surface area contributed by atoms with Crippen LogP contribution < -0.4 is 10.1 Å². The zero-order chi connectivity index (χ0) is 15.5. The molecule has 1 heterocycles. The Morgan fingerprint density at radius 3 is 2.57 bits per heavy atom. The van der Waals surface area contributed by atoms with Crippen molar-refractivity contribution in [2.75, 3.05) is 6.61 Å². The van der Waals surface area contributed by atoms with E-state index in [1.54, 1.807) is 0 Å². The molecule has 0 atom stereocenters. The summed E-state index contributed by atoms with van der Waals surface area (Å²) in [5.41, 5.74) is 2.40. The van der Waals surface area contributed by atoms with Gasteiger partial charge in [0.25, 0.3) is 0 Å². The van der Waals surface area contributed by atoms with Crippen LogP contribution in [0.25, 0.3) is 0 Å². The Bertz CT molecular complexity index is 459. The van der Waals surface area contributed by atoms with Gasteiger partial charge >= 0.3 is 0 Å². The lowest BCUT2D eigenvalue weighted by atomic mass is 9.91. The van der Waals surface area contributed by atoms with Crippen LogP contribution in [0.1, 0.15) is 65.1 Å². The molecule has 2 rings (SSSR count). The third-order valence-electron chi connectivity index (χ3n) is 3.82. The minimum Gasteiger partial charge on any atom is -0.478 e. The average Bonchev–Trinajstić information content (AvgIpc) is 3.19. The van der Waals surface area contributed by atoms with Crippen molar-refractivity contribution >= 4 is 0 Å². The molecule has 0 radical (unpaired) electrons. The second-order valence-electron chi connectivity index (χ2n) is 7.56. The molecule has 3 nitrogen and oxygen atoms in total. The van der Waals surface area contributed by atoms with Crippen molar-refractivity contribution in [3.05, 3.63) is 23.4 Å². The largest absolute Gasteiger partial charge is 0.478 e. The van der Waals surface area contributed by atoms with Crippen LogP contribution in [0.3, 0.4) is 0 Å². The molecule has 1 aromatic rings. The van der Waals surface area contributed by atoms with E-state index >= 15 is 0 Å². The number of pyridine rings is 1. The summed E-state index contributed by atoms with van der Waals surface area (Å²) in [5.74, 6) is 1.68. The van der Waals surface area contributed by atoms with Crippen molar-refractivity contribution in [2.24, 2.45) is 5.92 Å². The Labute approximate surface area is 129 Å². The van der Waals surface area contributed by atoms with Gasteiger partial charge in [-0.2, -0.15) is 0 Å². The van der Waals surface area contributed by atoms with Crippen LogP contribution >= 0.6 is 0 Å². The van der Waals surface area contributed by atoms with Gasteiger partial charge in [-0.25, -0.2) is 4.98 Å². The molecule has 1 fully saturated rings. The van der Waals surface area contributed by atoms with Crippen molar-refractivity contribution in [3.63, 3.8) is 0 Å². The highest BCUT2D eigenvalue weighted by molar-refractivity contribution is 5.28. The van der Waals surface area contributed by atoms with Gasteiger partial charge in [-0.05, 0) is 24.0 Å². The first kappa shape index (κ1) is 16.3. The first-order valence-corrected chi connectivity index (χ1v) is 8.22. The van der Waals surface area contributed by atoms with Crippen molar-refractivity contribution in [3.8, 4) is 5.88 Å². The van der Waals surface area contributed by atoms with E-state index in [0.29, 0.717) is 6.04 Å². The van der Waals surface area contributed by atoms with E-state index in [2.05, 4.69) is 52.1 Å². The Morgan fingerprint density at radius 2 is 2.00 bits per heavy atom. The molecule has 0 saturated heterocycles. The molecule has 0 bridgehead atoms. The fourth-order valence-electron chi connectivity index (χ4n) is 2.18. The SMILES string of the molecule is CC(C)NCc1cc(OCCC2CC2)nc(C(C)(C)C)c1. The standard InChI is InChI=1S/C18H30N2O/c1-13(2)19-12-15-10-16(18(3,4)5)20-17(11-15)21-9-8-14-6-7-14/h10-11,13-14,19H,6-9,12H2,1-5H3. The van der Waals surface area contributed by atoms with Crippen LogP contribution in [0, 0.1) is 5.92 Å². The van der Waals surface area contributed by atoms with Gasteiger partial charge in [0.05, 0.1) is 12.3 Å². The van der Waals surface area contributed by atoms with Crippen molar-refractivity contribution in [1.29, 1.82) is 0 Å². The van der Waals surface area contributed by atoms with Gasteiger partial charge in [-0.15, -0.1) is 0 Å². The number of aromatic nitrogens is 1. The number of hydrogen-bond donors (Lipinski definition) is 1. The minimum absolute atomic E-state index is 0.0441. The molecule has 0 amide bonds. The quantitative estimate of drug-likeness (QED) is 0.822. The molecule has 3 heteroatoms. The zero-order valence-corrected chi connectivity index (χ0v) is 14.2. The molecular weight excluding hydrogens is 260 g/mol. The first-order valence-electron chi connectivity index (χ1n) is 8.22. The summed E-state index contributed by atoms with van der Waals surface area (Å²) >= 11 is 0. The molecule has 21 heavy (non-hydrogen) atoms. The molecular formula is C18H30N2O. The molecule has 1 saturated carbocycles. The monoisotopic (exact) mass is 290 g/mol. The molecule has 1 aromatic heterocycles. The summed E-state index contributed by atoms with van der Waals surface area (Å²) in [7, 11) is 0. The van der Waals surface area contributed by atoms with Crippen LogP contribution in [-0.4, -0.2) is 17.6 Å². The van der Waals surface area contributed by atoms with E-state index < -0.39 is 0 Å². The summed E-state index contributed by atoms with van der Waals surface area (Å²) in [6.07, 6.45) is 3.92. The maximum absolute atomic E-state index is 5.90. The number of nitrogens with one attached hydrogen (secondary N) is 1. The van der Waals surface area contributed by atoms with E-state index in [0.717, 1.165) is 30.6 Å². The third kappa shape index (κ3) is 5.66. The number of rotatable bonds is 7. The predicted molar refractivity (Wildman–Crippen MR) is 87.7 cm³/mol. The lowest BCUT2D eigenvalue weighted by molar-refractivity contribution is 0.288. The minimum atomic E-state index is 0.0441. The molecule has 0 aliphatic heterocycles. The van der Waals surface area contributed by atoms with E-state index in [1.165, 1.54) is 24.8 Å². The molecule has 0 unspecified atom stereocenters. The summed E-state index contributed by atoms with van der Waals surface area (Å²) in [4.78, 5) is 4.70. The molecule has 0 spiro atoms. The lowest BCUT2D eigenvalue weighted by Crippen LogP contribution is -2.23. The second-order valence-corrected chi connectivity index (χ2v) is 7.56. The van der Waals surface area contributed by atoms with Gasteiger partial charge in [0.15, 0.2) is 0 Å². The third-order valence-corrected chi connectivity index (χ3v) is 3.82. The number of nitrogens with zero attached hydrogens (tertiary/aromatic N) is 1. The van der Waals surface area contributed by atoms with Gasteiger partial charge < -0.3 is 10.1 Å². The molecule has 118 valence electrons. The van der Waals surface area contributed by atoms with Crippen LogP contribution in [0.5, 0.6) is 5.88 Å². The van der Waals surface area contributed by atoms with Gasteiger partial charge in [0, 0.05) is 24.1 Å². The van der Waals surface area contributed by atoms with Crippen LogP contribution in [-0.2, 0) is 12.0 Å². The van der Waals surface area contributed by atoms with E-state index in [4.69, 9.17) is 9.72 Å². The Morgan fingerprint density at radius 1 is 1.29 bits per heavy atom. The maximum Gasteiger partial charge on any atom is 0.213 e. The average molecular weight is 290 g/mol. The van der Waals surface area contributed by atoms with E-state index in [-0.39, 0.29) is 5.41 Å². The van der Waals surface area contributed by atoms with Gasteiger partial charge in [0.2, 0.25) is 5.88 Å². The molecule has 1 aliphatic rings. The van der Waals surface area contributed by atoms with E-state index in [1.807, 2.05) is 0 Å². The number of ether oxygens (including phenoxy) is 1. The molecule has 0 aromatic carbocycles. The fraction of sp³-hybridized carbons (Fsp3) is 0.722. The van der Waals surface area contributed by atoms with Gasteiger partial charge in [-0.3, -0.25) is 0 Å². The van der Waals surface area contributed by atoms with Crippen LogP contribution in [0.2, 0.25) is 0 Å². The number of hydrogen-bond acceptors (Lipinski definition) is 3. The Hall–Kier alpha value is -1.09. The highest BCUT2D eigenvalue weighted by Crippen LogP contribution is 2.32. The van der Waals surface area contributed by atoms with Crippen molar-refractivity contribution < 1.29 is 4.74 Å². The highest BCUT2D eigenvalue weighted by Gasteiger charge is 2.21. The highest BCUT2D eigenvalue weighted by atomic mass is 16.5. The summed E-state index contributed by atoms with van der Waals surface area (Å²) in [5, 5.41) is 3.47. The van der Waals surface area contributed by atoms with E-state index in [9.17, 15) is 0 Å². The maximum atomic E-state index is 5.90. The summed E-state index contributed by atoms with van der Waals surface area (Å²) in [6.45, 7) is 12.6. The Balaban J connectivity index is 2.06. The second kappa shape index (κ2) is 6.78.